The Morgan fingerprint density at radius 2 is 1.96 bits per heavy atom. The Morgan fingerprint density at radius 1 is 1.22 bits per heavy atom. The van der Waals surface area contributed by atoms with Gasteiger partial charge in [0.05, 0.1) is 19.3 Å². The number of ether oxygens (including phenoxy) is 1. The molecule has 124 valence electrons. The minimum absolute atomic E-state index is 0.290. The van der Waals surface area contributed by atoms with E-state index in [1.165, 1.54) is 0 Å². The lowest BCUT2D eigenvalue weighted by molar-refractivity contribution is 0.122. The van der Waals surface area contributed by atoms with Crippen LogP contribution in [0.2, 0.25) is 0 Å². The van der Waals surface area contributed by atoms with Crippen molar-refractivity contribution in [3.05, 3.63) is 36.4 Å². The van der Waals surface area contributed by atoms with Gasteiger partial charge in [-0.15, -0.1) is 0 Å². The second-order valence-electron chi connectivity index (χ2n) is 5.89. The van der Waals surface area contributed by atoms with Crippen LogP contribution in [0.1, 0.15) is 25.5 Å². The summed E-state index contributed by atoms with van der Waals surface area (Å²) in [5.41, 5.74) is 1.08. The highest BCUT2D eigenvalue weighted by molar-refractivity contribution is 5.30. The molecule has 0 radical (unpaired) electrons. The van der Waals surface area contributed by atoms with Crippen LogP contribution < -0.4 is 10.2 Å². The minimum atomic E-state index is 0.290. The Labute approximate surface area is 136 Å². The first kappa shape index (κ1) is 15.9. The molecule has 1 saturated heterocycles. The highest BCUT2D eigenvalue weighted by atomic mass is 16.5. The van der Waals surface area contributed by atoms with Gasteiger partial charge in [-0.2, -0.15) is 5.10 Å². The lowest BCUT2D eigenvalue weighted by Crippen LogP contribution is -2.37. The lowest BCUT2D eigenvalue weighted by Gasteiger charge is -2.26. The molecule has 0 aliphatic carbocycles. The monoisotopic (exact) mass is 316 g/mol. The molecule has 0 unspecified atom stereocenters. The summed E-state index contributed by atoms with van der Waals surface area (Å²) < 4.78 is 7.32. The predicted molar refractivity (Wildman–Crippen MR) is 88.3 cm³/mol. The van der Waals surface area contributed by atoms with Gasteiger partial charge in [-0.1, -0.05) is 0 Å². The first-order chi connectivity index (χ1) is 11.2. The molecule has 2 atom stereocenters. The molecule has 2 aromatic heterocycles. The van der Waals surface area contributed by atoms with Crippen LogP contribution in [0.4, 0.5) is 5.95 Å². The molecule has 1 fully saturated rings. The molecule has 1 N–H and O–H groups in total. The number of nitrogens with zero attached hydrogens (tertiary/aromatic N) is 5. The smallest absolute Gasteiger partial charge is 0.225 e. The van der Waals surface area contributed by atoms with E-state index >= 15 is 0 Å². The van der Waals surface area contributed by atoms with Crippen molar-refractivity contribution in [3.63, 3.8) is 0 Å². The van der Waals surface area contributed by atoms with Crippen molar-refractivity contribution in [3.8, 4) is 0 Å². The van der Waals surface area contributed by atoms with Crippen molar-refractivity contribution in [1.82, 2.24) is 25.1 Å². The van der Waals surface area contributed by atoms with E-state index < -0.39 is 0 Å². The number of rotatable bonds is 6. The van der Waals surface area contributed by atoms with Crippen molar-refractivity contribution in [2.24, 2.45) is 0 Å². The molecule has 23 heavy (non-hydrogen) atoms. The van der Waals surface area contributed by atoms with Gasteiger partial charge in [-0.25, -0.2) is 9.97 Å². The van der Waals surface area contributed by atoms with Crippen molar-refractivity contribution < 1.29 is 4.74 Å². The van der Waals surface area contributed by atoms with E-state index in [9.17, 15) is 0 Å². The predicted octanol–water partition coefficient (Wildman–Crippen LogP) is 1.25. The summed E-state index contributed by atoms with van der Waals surface area (Å²) in [5, 5.41) is 7.80. The maximum absolute atomic E-state index is 5.35. The molecule has 3 rings (SSSR count). The zero-order valence-electron chi connectivity index (χ0n) is 13.7. The van der Waals surface area contributed by atoms with Crippen molar-refractivity contribution in [2.75, 3.05) is 31.2 Å². The first-order valence-electron chi connectivity index (χ1n) is 8.10. The molecule has 0 saturated carbocycles. The molecule has 1 aliphatic heterocycles. The zero-order chi connectivity index (χ0) is 16.1. The van der Waals surface area contributed by atoms with Gasteiger partial charge >= 0.3 is 0 Å². The normalized spacial score (nSPS) is 17.9. The minimum Gasteiger partial charge on any atom is -0.378 e. The Bertz CT molecular complexity index is 579. The van der Waals surface area contributed by atoms with Crippen LogP contribution in [0, 0.1) is 0 Å². The number of anilines is 1. The van der Waals surface area contributed by atoms with E-state index in [1.807, 2.05) is 29.3 Å². The summed E-state index contributed by atoms with van der Waals surface area (Å²) in [7, 11) is 0. The largest absolute Gasteiger partial charge is 0.378 e. The molecular weight excluding hydrogens is 292 g/mol. The first-order valence-corrected chi connectivity index (χ1v) is 8.10. The fraction of sp³-hybridized carbons (Fsp3) is 0.562. The Morgan fingerprint density at radius 3 is 2.61 bits per heavy atom. The second kappa shape index (κ2) is 7.52. The van der Waals surface area contributed by atoms with Crippen LogP contribution in [-0.4, -0.2) is 52.1 Å². The number of hydrogen-bond acceptors (Lipinski definition) is 6. The number of aromatic nitrogens is 4. The Balaban J connectivity index is 1.52. The maximum atomic E-state index is 5.35. The average molecular weight is 316 g/mol. The van der Waals surface area contributed by atoms with Crippen LogP contribution in [0.3, 0.4) is 0 Å². The third-order valence-corrected chi connectivity index (χ3v) is 4.28. The molecule has 1 aliphatic rings. The van der Waals surface area contributed by atoms with Crippen LogP contribution in [0.25, 0.3) is 0 Å². The highest BCUT2D eigenvalue weighted by Gasteiger charge is 2.15. The zero-order valence-corrected chi connectivity index (χ0v) is 13.7. The maximum Gasteiger partial charge on any atom is 0.225 e. The third-order valence-electron chi connectivity index (χ3n) is 4.28. The molecular formula is C16H24N6O. The van der Waals surface area contributed by atoms with E-state index in [1.54, 1.807) is 6.20 Å². The molecule has 0 spiro atoms. The SMILES string of the molecule is C[C@H](NCc1cnc(N2CCOCC2)nc1)[C@@H](C)n1cccn1. The average Bonchev–Trinajstić information content (AvgIpc) is 3.15. The highest BCUT2D eigenvalue weighted by Crippen LogP contribution is 2.11. The summed E-state index contributed by atoms with van der Waals surface area (Å²) in [6.07, 6.45) is 7.59. The molecule has 3 heterocycles. The molecule has 0 amide bonds. The molecule has 0 bridgehead atoms. The van der Waals surface area contributed by atoms with Gasteiger partial charge in [0.2, 0.25) is 5.95 Å². The Kier molecular flexibility index (Phi) is 5.19. The van der Waals surface area contributed by atoms with Gasteiger partial charge in [-0.05, 0) is 19.9 Å². The van der Waals surface area contributed by atoms with E-state index in [0.29, 0.717) is 12.1 Å². The van der Waals surface area contributed by atoms with Crippen LogP contribution in [-0.2, 0) is 11.3 Å². The van der Waals surface area contributed by atoms with E-state index in [0.717, 1.165) is 44.4 Å². The van der Waals surface area contributed by atoms with Gasteiger partial charge in [0, 0.05) is 56.0 Å². The van der Waals surface area contributed by atoms with Gasteiger partial charge in [0.15, 0.2) is 0 Å². The topological polar surface area (TPSA) is 68.1 Å². The van der Waals surface area contributed by atoms with Gasteiger partial charge < -0.3 is 15.0 Å². The molecule has 2 aromatic rings. The van der Waals surface area contributed by atoms with Crippen molar-refractivity contribution >= 4 is 5.95 Å². The molecule has 0 aromatic carbocycles. The summed E-state index contributed by atoms with van der Waals surface area (Å²) in [4.78, 5) is 11.1. The summed E-state index contributed by atoms with van der Waals surface area (Å²) >= 11 is 0. The van der Waals surface area contributed by atoms with Crippen LogP contribution in [0.15, 0.2) is 30.9 Å². The quantitative estimate of drug-likeness (QED) is 0.865. The fourth-order valence-electron chi connectivity index (χ4n) is 2.57. The second-order valence-corrected chi connectivity index (χ2v) is 5.89. The lowest BCUT2D eigenvalue weighted by atomic mass is 10.1. The molecule has 7 heteroatoms. The summed E-state index contributed by atoms with van der Waals surface area (Å²) in [5.74, 6) is 0.787. The van der Waals surface area contributed by atoms with Gasteiger partial charge in [0.25, 0.3) is 0 Å². The third kappa shape index (κ3) is 4.05. The summed E-state index contributed by atoms with van der Waals surface area (Å²) in [6.45, 7) is 8.27. The number of hydrogen-bond donors (Lipinski definition) is 1. The fourth-order valence-corrected chi connectivity index (χ4v) is 2.57. The Hall–Kier alpha value is -1.99. The van der Waals surface area contributed by atoms with Gasteiger partial charge in [-0.3, -0.25) is 4.68 Å². The van der Waals surface area contributed by atoms with E-state index in [2.05, 4.69) is 39.1 Å². The van der Waals surface area contributed by atoms with Crippen molar-refractivity contribution in [1.29, 1.82) is 0 Å². The number of morpholine rings is 1. The van der Waals surface area contributed by atoms with E-state index in [4.69, 9.17) is 4.74 Å². The number of nitrogens with one attached hydrogen (secondary N) is 1. The van der Waals surface area contributed by atoms with Crippen molar-refractivity contribution in [2.45, 2.75) is 32.5 Å². The summed E-state index contributed by atoms with van der Waals surface area (Å²) in [6, 6.07) is 2.54. The van der Waals surface area contributed by atoms with Crippen LogP contribution in [0.5, 0.6) is 0 Å². The molecule has 7 nitrogen and oxygen atoms in total. The van der Waals surface area contributed by atoms with E-state index in [-0.39, 0.29) is 0 Å². The van der Waals surface area contributed by atoms with Crippen LogP contribution >= 0.6 is 0 Å². The standard InChI is InChI=1S/C16H24N6O/c1-13(14(2)22-5-3-4-20-22)17-10-15-11-18-16(19-12-15)21-6-8-23-9-7-21/h3-5,11-14,17H,6-10H2,1-2H3/t13-,14+/m0/s1. The van der Waals surface area contributed by atoms with Gasteiger partial charge in [0.1, 0.15) is 0 Å².